The first kappa shape index (κ1) is 12.9. The third-order valence-electron chi connectivity index (χ3n) is 2.02. The molecule has 2 nitrogen and oxygen atoms in total. The monoisotopic (exact) mass is 247 g/mol. The molecule has 16 heavy (non-hydrogen) atoms. The Morgan fingerprint density at radius 2 is 1.94 bits per heavy atom. The molecule has 0 N–H and O–H groups in total. The van der Waals surface area contributed by atoms with E-state index in [9.17, 15) is 13.6 Å². The van der Waals surface area contributed by atoms with Gasteiger partial charge in [0.05, 0.1) is 6.54 Å². The first-order valence-corrected chi connectivity index (χ1v) is 5.37. The molecule has 1 aromatic rings. The number of rotatable bonds is 5. The summed E-state index contributed by atoms with van der Waals surface area (Å²) >= 11 is 5.47. The number of halogens is 3. The Labute approximate surface area is 97.8 Å². The molecule has 0 radical (unpaired) electrons. The molecule has 0 heterocycles. The van der Waals surface area contributed by atoms with E-state index in [0.29, 0.717) is 5.56 Å². The van der Waals surface area contributed by atoms with Crippen molar-refractivity contribution < 1.29 is 13.6 Å². The van der Waals surface area contributed by atoms with Crippen molar-refractivity contribution in [1.82, 2.24) is 4.90 Å². The van der Waals surface area contributed by atoms with E-state index in [1.165, 1.54) is 0 Å². The topological polar surface area (TPSA) is 20.3 Å². The molecule has 0 saturated heterocycles. The van der Waals surface area contributed by atoms with Gasteiger partial charge < -0.3 is 4.90 Å². The van der Waals surface area contributed by atoms with E-state index in [0.717, 1.165) is 4.90 Å². The van der Waals surface area contributed by atoms with Gasteiger partial charge in [0.1, 0.15) is 0 Å². The molecular weight excluding hydrogens is 236 g/mol. The number of amides is 1. The minimum absolute atomic E-state index is 0.125. The van der Waals surface area contributed by atoms with Crippen LogP contribution in [0.2, 0.25) is 0 Å². The van der Waals surface area contributed by atoms with Crippen molar-refractivity contribution in [1.29, 1.82) is 0 Å². The lowest BCUT2D eigenvalue weighted by Gasteiger charge is -2.21. The van der Waals surface area contributed by atoms with Gasteiger partial charge in [0, 0.05) is 18.0 Å². The van der Waals surface area contributed by atoms with Crippen LogP contribution in [0.1, 0.15) is 10.4 Å². The summed E-state index contributed by atoms with van der Waals surface area (Å²) in [5.41, 5.74) is 0.397. The molecule has 0 aromatic heterocycles. The lowest BCUT2D eigenvalue weighted by molar-refractivity contribution is 0.0571. The van der Waals surface area contributed by atoms with Gasteiger partial charge in [0.2, 0.25) is 0 Å². The molecule has 88 valence electrons. The largest absolute Gasteiger partial charge is 0.332 e. The molecule has 1 amide bonds. The number of hydrogen-bond donors (Lipinski definition) is 0. The lowest BCUT2D eigenvalue weighted by Crippen LogP contribution is -2.36. The zero-order chi connectivity index (χ0) is 12.0. The minimum Gasteiger partial charge on any atom is -0.332 e. The van der Waals surface area contributed by atoms with Crippen molar-refractivity contribution >= 4 is 17.5 Å². The zero-order valence-corrected chi connectivity index (χ0v) is 9.33. The van der Waals surface area contributed by atoms with Crippen molar-refractivity contribution in [3.63, 3.8) is 0 Å². The van der Waals surface area contributed by atoms with Crippen LogP contribution in [0.15, 0.2) is 30.3 Å². The van der Waals surface area contributed by atoms with E-state index in [-0.39, 0.29) is 12.4 Å². The fourth-order valence-corrected chi connectivity index (χ4v) is 1.51. The van der Waals surface area contributed by atoms with Crippen molar-refractivity contribution in [2.24, 2.45) is 0 Å². The molecule has 0 atom stereocenters. The van der Waals surface area contributed by atoms with Crippen LogP contribution in [-0.4, -0.2) is 36.2 Å². The molecule has 0 aliphatic carbocycles. The summed E-state index contributed by atoms with van der Waals surface area (Å²) in [6.45, 7) is -0.458. The first-order valence-electron chi connectivity index (χ1n) is 4.83. The molecule has 0 aliphatic rings. The minimum atomic E-state index is -2.55. The second-order valence-corrected chi connectivity index (χ2v) is 3.58. The summed E-state index contributed by atoms with van der Waals surface area (Å²) in [5, 5.41) is 0. The molecule has 1 aromatic carbocycles. The maximum absolute atomic E-state index is 12.2. The highest BCUT2D eigenvalue weighted by Gasteiger charge is 2.18. The molecule has 1 rings (SSSR count). The van der Waals surface area contributed by atoms with Crippen molar-refractivity contribution in [2.45, 2.75) is 6.43 Å². The SMILES string of the molecule is O=C(c1ccccc1)N(CCCl)CC(F)F. The Bertz CT molecular complexity index is 332. The highest BCUT2D eigenvalue weighted by molar-refractivity contribution is 6.18. The zero-order valence-electron chi connectivity index (χ0n) is 8.57. The molecule has 0 unspecified atom stereocenters. The summed E-state index contributed by atoms with van der Waals surface area (Å²) in [6.07, 6.45) is -2.55. The fourth-order valence-electron chi connectivity index (χ4n) is 1.31. The average molecular weight is 248 g/mol. The lowest BCUT2D eigenvalue weighted by atomic mass is 10.2. The van der Waals surface area contributed by atoms with Gasteiger partial charge in [-0.15, -0.1) is 11.6 Å². The van der Waals surface area contributed by atoms with Crippen molar-refractivity contribution in [3.8, 4) is 0 Å². The van der Waals surface area contributed by atoms with Crippen LogP contribution in [0.25, 0.3) is 0 Å². The van der Waals surface area contributed by atoms with E-state index in [2.05, 4.69) is 0 Å². The third-order valence-corrected chi connectivity index (χ3v) is 2.19. The molecule has 0 bridgehead atoms. The van der Waals surface area contributed by atoms with Gasteiger partial charge in [-0.3, -0.25) is 4.79 Å². The molecular formula is C11H12ClF2NO. The van der Waals surface area contributed by atoms with Crippen LogP contribution in [0.4, 0.5) is 8.78 Å². The Hall–Kier alpha value is -1.16. The highest BCUT2D eigenvalue weighted by atomic mass is 35.5. The second-order valence-electron chi connectivity index (χ2n) is 3.20. The molecule has 0 fully saturated rings. The summed E-state index contributed by atoms with van der Waals surface area (Å²) in [5.74, 6) is -0.271. The molecule has 5 heteroatoms. The standard InChI is InChI=1S/C11H12ClF2NO/c12-6-7-15(8-10(13)14)11(16)9-4-2-1-3-5-9/h1-5,10H,6-8H2. The van der Waals surface area contributed by atoms with Crippen LogP contribution in [-0.2, 0) is 0 Å². The van der Waals surface area contributed by atoms with E-state index in [4.69, 9.17) is 11.6 Å². The number of nitrogens with zero attached hydrogens (tertiary/aromatic N) is 1. The Morgan fingerprint density at radius 1 is 1.31 bits per heavy atom. The van der Waals surface area contributed by atoms with Crippen LogP contribution in [0.5, 0.6) is 0 Å². The van der Waals surface area contributed by atoms with Crippen LogP contribution < -0.4 is 0 Å². The highest BCUT2D eigenvalue weighted by Crippen LogP contribution is 2.07. The number of hydrogen-bond acceptors (Lipinski definition) is 1. The Morgan fingerprint density at radius 3 is 2.44 bits per heavy atom. The molecule has 0 aliphatic heterocycles. The van der Waals surface area contributed by atoms with Gasteiger partial charge in [-0.2, -0.15) is 0 Å². The summed E-state index contributed by atoms with van der Waals surface area (Å²) < 4.78 is 24.5. The van der Waals surface area contributed by atoms with E-state index < -0.39 is 18.9 Å². The summed E-state index contributed by atoms with van der Waals surface area (Å²) in [6, 6.07) is 8.32. The van der Waals surface area contributed by atoms with Gasteiger partial charge in [-0.1, -0.05) is 18.2 Å². The Kier molecular flexibility index (Phi) is 5.19. The summed E-state index contributed by atoms with van der Waals surface area (Å²) in [4.78, 5) is 12.9. The van der Waals surface area contributed by atoms with E-state index in [1.807, 2.05) is 0 Å². The van der Waals surface area contributed by atoms with Gasteiger partial charge in [-0.05, 0) is 12.1 Å². The van der Waals surface area contributed by atoms with E-state index in [1.54, 1.807) is 30.3 Å². The van der Waals surface area contributed by atoms with Gasteiger partial charge >= 0.3 is 0 Å². The summed E-state index contributed by atoms with van der Waals surface area (Å²) in [7, 11) is 0. The van der Waals surface area contributed by atoms with Gasteiger partial charge in [-0.25, -0.2) is 8.78 Å². The fraction of sp³-hybridized carbons (Fsp3) is 0.364. The van der Waals surface area contributed by atoms with Gasteiger partial charge in [0.25, 0.3) is 12.3 Å². The maximum atomic E-state index is 12.2. The molecule has 0 saturated carbocycles. The Balaban J connectivity index is 2.74. The predicted octanol–water partition coefficient (Wildman–Crippen LogP) is 2.63. The predicted molar refractivity (Wildman–Crippen MR) is 59.1 cm³/mol. The number of alkyl halides is 3. The normalized spacial score (nSPS) is 10.5. The van der Waals surface area contributed by atoms with E-state index >= 15 is 0 Å². The number of carbonyl (C=O) groups is 1. The quantitative estimate of drug-likeness (QED) is 0.733. The van der Waals surface area contributed by atoms with Crippen molar-refractivity contribution in [2.75, 3.05) is 19.0 Å². The number of carbonyl (C=O) groups excluding carboxylic acids is 1. The maximum Gasteiger partial charge on any atom is 0.255 e. The third kappa shape index (κ3) is 3.77. The van der Waals surface area contributed by atoms with Gasteiger partial charge in [0.15, 0.2) is 0 Å². The first-order chi connectivity index (χ1) is 7.65. The van der Waals surface area contributed by atoms with Crippen LogP contribution in [0.3, 0.4) is 0 Å². The smallest absolute Gasteiger partial charge is 0.255 e. The molecule has 0 spiro atoms. The van der Waals surface area contributed by atoms with Crippen molar-refractivity contribution in [3.05, 3.63) is 35.9 Å². The second kappa shape index (κ2) is 6.43. The number of benzene rings is 1. The van der Waals surface area contributed by atoms with Crippen LogP contribution >= 0.6 is 11.6 Å². The van der Waals surface area contributed by atoms with Crippen LogP contribution in [0, 0.1) is 0 Å². The average Bonchev–Trinajstić information content (AvgIpc) is 2.28.